The summed E-state index contributed by atoms with van der Waals surface area (Å²) in [5.74, 6) is -1.20. The molecule has 0 aliphatic rings. The number of ether oxygens (including phenoxy) is 2. The van der Waals surface area contributed by atoms with Crippen molar-refractivity contribution in [1.29, 1.82) is 0 Å². The van der Waals surface area contributed by atoms with E-state index in [-0.39, 0.29) is 6.61 Å². The number of carbonyl (C=O) groups excluding carboxylic acids is 1. The minimum atomic E-state index is -1.15. The molecule has 0 bridgehead atoms. The largest absolute Gasteiger partial charge is 0.492 e. The Hall–Kier alpha value is -2.38. The van der Waals surface area contributed by atoms with Gasteiger partial charge in [0.2, 0.25) is 0 Å². The van der Waals surface area contributed by atoms with E-state index >= 15 is 0 Å². The van der Waals surface area contributed by atoms with Crippen LogP contribution in [0.1, 0.15) is 16.6 Å². The molecule has 0 aliphatic heterocycles. The zero-order valence-corrected chi connectivity index (χ0v) is 14.3. The van der Waals surface area contributed by atoms with Crippen LogP contribution in [0.25, 0.3) is 10.4 Å². The Labute approximate surface area is 144 Å². The molecular weight excluding hydrogens is 330 g/mol. The number of hydrogen-bond acceptors (Lipinski definition) is 5. The standard InChI is InChI=1S/C17H19NO5S/c1-3-23-13-9-14(11-7-5-4-6-8-11)24-15(13)16(19)18-12(10-22-2)17(20)21/h4-9,12H,3,10H2,1-2H3,(H,18,19)(H,20,21). The van der Waals surface area contributed by atoms with Crippen molar-refractivity contribution in [3.8, 4) is 16.2 Å². The SMILES string of the molecule is CCOc1cc(-c2ccccc2)sc1C(=O)NC(COC)C(=O)O. The summed E-state index contributed by atoms with van der Waals surface area (Å²) in [7, 11) is 1.38. The van der Waals surface area contributed by atoms with Crippen molar-refractivity contribution in [3.05, 3.63) is 41.3 Å². The predicted molar refractivity (Wildman–Crippen MR) is 91.7 cm³/mol. The molecule has 1 aromatic carbocycles. The molecule has 0 spiro atoms. The number of nitrogens with one attached hydrogen (secondary N) is 1. The average Bonchev–Trinajstić information content (AvgIpc) is 2.99. The van der Waals surface area contributed by atoms with Crippen molar-refractivity contribution in [3.63, 3.8) is 0 Å². The molecule has 0 radical (unpaired) electrons. The number of thiophene rings is 1. The number of carboxylic acids is 1. The Morgan fingerprint density at radius 1 is 1.29 bits per heavy atom. The van der Waals surface area contributed by atoms with Crippen LogP contribution in [-0.2, 0) is 9.53 Å². The molecule has 2 rings (SSSR count). The van der Waals surface area contributed by atoms with Gasteiger partial charge in [0.15, 0.2) is 6.04 Å². The smallest absolute Gasteiger partial charge is 0.328 e. The maximum absolute atomic E-state index is 12.5. The van der Waals surface area contributed by atoms with Gasteiger partial charge < -0.3 is 19.9 Å². The lowest BCUT2D eigenvalue weighted by Crippen LogP contribution is -2.43. The maximum atomic E-state index is 12.5. The molecule has 1 amide bonds. The molecule has 0 saturated heterocycles. The fraction of sp³-hybridized carbons (Fsp3) is 0.294. The molecule has 6 nitrogen and oxygen atoms in total. The van der Waals surface area contributed by atoms with Crippen molar-refractivity contribution in [1.82, 2.24) is 5.32 Å². The van der Waals surface area contributed by atoms with Crippen molar-refractivity contribution < 1.29 is 24.2 Å². The number of amides is 1. The number of aliphatic carboxylic acids is 1. The number of carbonyl (C=O) groups is 2. The van der Waals surface area contributed by atoms with E-state index in [1.54, 1.807) is 6.07 Å². The van der Waals surface area contributed by atoms with Gasteiger partial charge in [0, 0.05) is 12.0 Å². The molecule has 2 aromatic rings. The highest BCUT2D eigenvalue weighted by Crippen LogP contribution is 2.36. The predicted octanol–water partition coefficient (Wildman–Crippen LogP) is 2.64. The average molecular weight is 349 g/mol. The lowest BCUT2D eigenvalue weighted by Gasteiger charge is -2.13. The summed E-state index contributed by atoms with van der Waals surface area (Å²) in [6.45, 7) is 2.13. The monoisotopic (exact) mass is 349 g/mol. The first-order chi connectivity index (χ1) is 11.6. The van der Waals surface area contributed by atoms with E-state index in [2.05, 4.69) is 5.32 Å². The highest BCUT2D eigenvalue weighted by atomic mass is 32.1. The highest BCUT2D eigenvalue weighted by molar-refractivity contribution is 7.17. The van der Waals surface area contributed by atoms with E-state index in [4.69, 9.17) is 14.6 Å². The fourth-order valence-corrected chi connectivity index (χ4v) is 3.11. The second kappa shape index (κ2) is 8.47. The Kier molecular flexibility index (Phi) is 6.34. The first-order valence-corrected chi connectivity index (χ1v) is 8.23. The van der Waals surface area contributed by atoms with Gasteiger partial charge in [-0.05, 0) is 18.6 Å². The van der Waals surface area contributed by atoms with Gasteiger partial charge in [-0.25, -0.2) is 4.79 Å². The summed E-state index contributed by atoms with van der Waals surface area (Å²) >= 11 is 1.26. The van der Waals surface area contributed by atoms with Crippen LogP contribution in [0.2, 0.25) is 0 Å². The topological polar surface area (TPSA) is 84.9 Å². The van der Waals surface area contributed by atoms with E-state index in [1.165, 1.54) is 18.4 Å². The van der Waals surface area contributed by atoms with E-state index in [1.807, 2.05) is 37.3 Å². The molecule has 1 atom stereocenters. The Bertz CT molecular complexity index is 698. The van der Waals surface area contributed by atoms with Gasteiger partial charge in [-0.1, -0.05) is 30.3 Å². The molecule has 0 fully saturated rings. The Morgan fingerprint density at radius 3 is 2.58 bits per heavy atom. The van der Waals surface area contributed by atoms with Gasteiger partial charge in [-0.15, -0.1) is 11.3 Å². The van der Waals surface area contributed by atoms with Gasteiger partial charge in [-0.2, -0.15) is 0 Å². The first-order valence-electron chi connectivity index (χ1n) is 7.41. The van der Waals surface area contributed by atoms with Gasteiger partial charge in [-0.3, -0.25) is 4.79 Å². The van der Waals surface area contributed by atoms with Gasteiger partial charge >= 0.3 is 5.97 Å². The van der Waals surface area contributed by atoms with E-state index in [9.17, 15) is 9.59 Å². The summed E-state index contributed by atoms with van der Waals surface area (Å²) in [4.78, 5) is 24.9. The van der Waals surface area contributed by atoms with Crippen LogP contribution in [-0.4, -0.2) is 43.3 Å². The van der Waals surface area contributed by atoms with Crippen LogP contribution < -0.4 is 10.1 Å². The molecule has 1 aromatic heterocycles. The molecule has 1 heterocycles. The lowest BCUT2D eigenvalue weighted by atomic mass is 10.2. The fourth-order valence-electron chi connectivity index (χ4n) is 2.11. The van der Waals surface area contributed by atoms with Gasteiger partial charge in [0.25, 0.3) is 5.91 Å². The minimum absolute atomic E-state index is 0.109. The Balaban J connectivity index is 2.29. The Morgan fingerprint density at radius 2 is 2.00 bits per heavy atom. The lowest BCUT2D eigenvalue weighted by molar-refractivity contribution is -0.140. The van der Waals surface area contributed by atoms with Gasteiger partial charge in [0.1, 0.15) is 10.6 Å². The summed E-state index contributed by atoms with van der Waals surface area (Å²) in [5, 5.41) is 11.6. The van der Waals surface area contributed by atoms with Crippen LogP contribution in [0, 0.1) is 0 Å². The van der Waals surface area contributed by atoms with Crippen LogP contribution >= 0.6 is 11.3 Å². The van der Waals surface area contributed by atoms with Crippen LogP contribution in [0.3, 0.4) is 0 Å². The zero-order valence-electron chi connectivity index (χ0n) is 13.4. The molecular formula is C17H19NO5S. The zero-order chi connectivity index (χ0) is 17.5. The molecule has 7 heteroatoms. The number of carboxylic acid groups (broad SMARTS) is 1. The van der Waals surface area contributed by atoms with Crippen molar-refractivity contribution in [2.24, 2.45) is 0 Å². The number of methoxy groups -OCH3 is 1. The second-order valence-electron chi connectivity index (χ2n) is 4.92. The number of rotatable bonds is 8. The number of hydrogen-bond donors (Lipinski definition) is 2. The normalized spacial score (nSPS) is 11.8. The van der Waals surface area contributed by atoms with Crippen LogP contribution in [0.15, 0.2) is 36.4 Å². The van der Waals surface area contributed by atoms with Crippen molar-refractivity contribution >= 4 is 23.2 Å². The van der Waals surface area contributed by atoms with E-state index < -0.39 is 17.9 Å². The summed E-state index contributed by atoms with van der Waals surface area (Å²) in [6.07, 6.45) is 0. The summed E-state index contributed by atoms with van der Waals surface area (Å²) in [5.41, 5.74) is 0.967. The molecule has 24 heavy (non-hydrogen) atoms. The molecule has 128 valence electrons. The minimum Gasteiger partial charge on any atom is -0.492 e. The van der Waals surface area contributed by atoms with Crippen molar-refractivity contribution in [2.45, 2.75) is 13.0 Å². The van der Waals surface area contributed by atoms with Crippen molar-refractivity contribution in [2.75, 3.05) is 20.3 Å². The molecule has 0 aliphatic carbocycles. The molecule has 2 N–H and O–H groups in total. The first kappa shape index (κ1) is 18.0. The van der Waals surface area contributed by atoms with E-state index in [0.29, 0.717) is 17.2 Å². The third-order valence-corrected chi connectivity index (χ3v) is 4.36. The third-order valence-electron chi connectivity index (χ3n) is 3.20. The van der Waals surface area contributed by atoms with Crippen LogP contribution in [0.5, 0.6) is 5.75 Å². The highest BCUT2D eigenvalue weighted by Gasteiger charge is 2.24. The molecule has 1 unspecified atom stereocenters. The second-order valence-corrected chi connectivity index (χ2v) is 5.97. The van der Waals surface area contributed by atoms with E-state index in [0.717, 1.165) is 10.4 Å². The molecule has 0 saturated carbocycles. The quantitative estimate of drug-likeness (QED) is 0.765. The number of benzene rings is 1. The summed E-state index contributed by atoms with van der Waals surface area (Å²) < 4.78 is 10.4. The van der Waals surface area contributed by atoms with Gasteiger partial charge in [0.05, 0.1) is 13.2 Å². The maximum Gasteiger partial charge on any atom is 0.328 e. The third kappa shape index (κ3) is 4.33. The van der Waals surface area contributed by atoms with Crippen LogP contribution in [0.4, 0.5) is 0 Å². The summed E-state index contributed by atoms with van der Waals surface area (Å²) in [6, 6.07) is 10.3.